The molecule has 6 nitrogen and oxygen atoms in total. The van der Waals surface area contributed by atoms with Crippen LogP contribution in [0.1, 0.15) is 15.9 Å². The van der Waals surface area contributed by atoms with Crippen molar-refractivity contribution in [3.05, 3.63) is 59.4 Å². The van der Waals surface area contributed by atoms with E-state index in [1.54, 1.807) is 6.07 Å². The highest BCUT2D eigenvalue weighted by molar-refractivity contribution is 7.90. The number of sulfonamides is 1. The lowest BCUT2D eigenvalue weighted by Gasteiger charge is -2.15. The van der Waals surface area contributed by atoms with E-state index in [0.29, 0.717) is 4.31 Å². The van der Waals surface area contributed by atoms with Gasteiger partial charge in [-0.25, -0.2) is 17.1 Å². The van der Waals surface area contributed by atoms with Crippen LogP contribution in [0.2, 0.25) is 0 Å². The van der Waals surface area contributed by atoms with Crippen LogP contribution < -0.4 is 5.32 Å². The summed E-state index contributed by atoms with van der Waals surface area (Å²) in [7, 11) is -4.05. The second kappa shape index (κ2) is 5.72. The van der Waals surface area contributed by atoms with Crippen LogP contribution in [-0.4, -0.2) is 31.1 Å². The lowest BCUT2D eigenvalue weighted by molar-refractivity contribution is -0.116. The number of fused-ring (bicyclic) bond motifs is 1. The number of anilines is 1. The minimum atomic E-state index is -4.05. The molecule has 0 fully saturated rings. The van der Waals surface area contributed by atoms with Crippen molar-refractivity contribution in [2.75, 3.05) is 11.9 Å². The first-order valence-corrected chi connectivity index (χ1v) is 8.47. The smallest absolute Gasteiger partial charge is 0.269 e. The zero-order valence-electron chi connectivity index (χ0n) is 12.6. The zero-order valence-corrected chi connectivity index (χ0v) is 13.4. The van der Waals surface area contributed by atoms with Crippen LogP contribution >= 0.6 is 0 Å². The van der Waals surface area contributed by atoms with Gasteiger partial charge in [-0.2, -0.15) is 0 Å². The molecule has 1 N–H and O–H groups in total. The van der Waals surface area contributed by atoms with Crippen molar-refractivity contribution in [2.24, 2.45) is 0 Å². The largest absolute Gasteiger partial charge is 0.324 e. The highest BCUT2D eigenvalue weighted by Gasteiger charge is 2.41. The van der Waals surface area contributed by atoms with Crippen molar-refractivity contribution in [1.29, 1.82) is 0 Å². The summed E-state index contributed by atoms with van der Waals surface area (Å²) in [6.45, 7) is 0.810. The molecule has 0 saturated heterocycles. The number of benzene rings is 2. The molecule has 0 radical (unpaired) electrons. The zero-order chi connectivity index (χ0) is 17.5. The molecule has 1 heterocycles. The molecule has 0 aliphatic carbocycles. The molecule has 2 amide bonds. The molecule has 0 saturated carbocycles. The van der Waals surface area contributed by atoms with Crippen molar-refractivity contribution < 1.29 is 22.4 Å². The fourth-order valence-electron chi connectivity index (χ4n) is 2.45. The average molecular weight is 348 g/mol. The number of amides is 2. The van der Waals surface area contributed by atoms with E-state index >= 15 is 0 Å². The van der Waals surface area contributed by atoms with E-state index in [0.717, 1.165) is 0 Å². The van der Waals surface area contributed by atoms with Crippen LogP contribution in [0.5, 0.6) is 0 Å². The van der Waals surface area contributed by atoms with Gasteiger partial charge in [0.25, 0.3) is 15.9 Å². The summed E-state index contributed by atoms with van der Waals surface area (Å²) in [5.74, 6) is -1.98. The monoisotopic (exact) mass is 348 g/mol. The van der Waals surface area contributed by atoms with Gasteiger partial charge in [-0.1, -0.05) is 18.2 Å². The summed E-state index contributed by atoms with van der Waals surface area (Å²) in [6, 6.07) is 9.92. The molecule has 1 aliphatic heterocycles. The van der Waals surface area contributed by atoms with Gasteiger partial charge >= 0.3 is 0 Å². The quantitative estimate of drug-likeness (QED) is 0.918. The second-order valence-corrected chi connectivity index (χ2v) is 7.10. The van der Waals surface area contributed by atoms with Crippen molar-refractivity contribution in [3.63, 3.8) is 0 Å². The molecule has 0 aromatic heterocycles. The maximum atomic E-state index is 13.5. The number of hydrogen-bond acceptors (Lipinski definition) is 4. The molecular weight excluding hydrogens is 335 g/mol. The molecule has 3 rings (SSSR count). The Balaban J connectivity index is 1.83. The van der Waals surface area contributed by atoms with Gasteiger partial charge in [0.05, 0.1) is 5.56 Å². The number of nitrogens with zero attached hydrogens (tertiary/aromatic N) is 1. The third kappa shape index (κ3) is 2.54. The number of halogens is 1. The molecule has 24 heavy (non-hydrogen) atoms. The summed E-state index contributed by atoms with van der Waals surface area (Å²) >= 11 is 0. The molecular formula is C16H13FN2O4S. The molecule has 0 atom stereocenters. The van der Waals surface area contributed by atoms with Gasteiger partial charge in [0.1, 0.15) is 17.3 Å². The molecule has 1 aliphatic rings. The summed E-state index contributed by atoms with van der Waals surface area (Å²) in [5, 5.41) is 2.43. The number of nitrogens with one attached hydrogen (secondary N) is 1. The van der Waals surface area contributed by atoms with E-state index in [4.69, 9.17) is 0 Å². The predicted octanol–water partition coefficient (Wildman–Crippen LogP) is 1.92. The first-order valence-electron chi connectivity index (χ1n) is 7.03. The number of rotatable bonds is 3. The SMILES string of the molecule is Cc1c(F)cccc1NC(=O)CN1C(=O)c2ccccc2S1(=O)=O. The van der Waals surface area contributed by atoms with Gasteiger partial charge in [-0.15, -0.1) is 0 Å². The predicted molar refractivity (Wildman–Crippen MR) is 84.4 cm³/mol. The average Bonchev–Trinajstić information content (AvgIpc) is 2.73. The molecule has 0 spiro atoms. The van der Waals surface area contributed by atoms with Crippen LogP contribution in [0.4, 0.5) is 10.1 Å². The molecule has 2 aromatic rings. The van der Waals surface area contributed by atoms with Crippen LogP contribution in [0.3, 0.4) is 0 Å². The summed E-state index contributed by atoms with van der Waals surface area (Å²) in [6.07, 6.45) is 0. The van der Waals surface area contributed by atoms with E-state index in [1.165, 1.54) is 43.3 Å². The Labute approximate surface area is 138 Å². The topological polar surface area (TPSA) is 83.6 Å². The van der Waals surface area contributed by atoms with E-state index in [2.05, 4.69) is 5.32 Å². The Kier molecular flexibility index (Phi) is 3.84. The fourth-order valence-corrected chi connectivity index (χ4v) is 3.98. The Hall–Kier alpha value is -2.74. The van der Waals surface area contributed by atoms with E-state index < -0.39 is 34.2 Å². The second-order valence-electron chi connectivity index (χ2n) is 5.27. The molecule has 0 bridgehead atoms. The number of carbonyl (C=O) groups is 2. The van der Waals surface area contributed by atoms with Crippen molar-refractivity contribution in [1.82, 2.24) is 4.31 Å². The Morgan fingerprint density at radius 3 is 2.58 bits per heavy atom. The van der Waals surface area contributed by atoms with E-state index in [9.17, 15) is 22.4 Å². The van der Waals surface area contributed by atoms with Crippen molar-refractivity contribution in [3.8, 4) is 0 Å². The van der Waals surface area contributed by atoms with E-state index in [-0.39, 0.29) is 21.7 Å². The standard InChI is InChI=1S/C16H13FN2O4S/c1-10-12(17)6-4-7-13(10)18-15(20)9-19-16(21)11-5-2-3-8-14(11)24(19,22)23/h2-8H,9H2,1H3,(H,18,20). The number of carbonyl (C=O) groups excluding carboxylic acids is 2. The van der Waals surface area contributed by atoms with Crippen LogP contribution in [0.25, 0.3) is 0 Å². The van der Waals surface area contributed by atoms with E-state index in [1.807, 2.05) is 0 Å². The van der Waals surface area contributed by atoms with Crippen LogP contribution in [0, 0.1) is 12.7 Å². The maximum absolute atomic E-state index is 13.5. The van der Waals surface area contributed by atoms with Crippen LogP contribution in [0.15, 0.2) is 47.4 Å². The molecule has 2 aromatic carbocycles. The highest BCUT2D eigenvalue weighted by atomic mass is 32.2. The Morgan fingerprint density at radius 2 is 1.88 bits per heavy atom. The molecule has 8 heteroatoms. The lowest BCUT2D eigenvalue weighted by atomic mass is 10.2. The minimum absolute atomic E-state index is 0.0345. The summed E-state index contributed by atoms with van der Waals surface area (Å²) in [4.78, 5) is 24.2. The van der Waals surface area contributed by atoms with Gasteiger partial charge in [-0.3, -0.25) is 9.59 Å². The first kappa shape index (κ1) is 16.1. The lowest BCUT2D eigenvalue weighted by Crippen LogP contribution is -2.37. The van der Waals surface area contributed by atoms with Gasteiger partial charge in [0.2, 0.25) is 5.91 Å². The number of hydrogen-bond donors (Lipinski definition) is 1. The van der Waals surface area contributed by atoms with Crippen LogP contribution in [-0.2, 0) is 14.8 Å². The Bertz CT molecular complexity index is 956. The fraction of sp³-hybridized carbons (Fsp3) is 0.125. The Morgan fingerprint density at radius 1 is 1.17 bits per heavy atom. The highest BCUT2D eigenvalue weighted by Crippen LogP contribution is 2.29. The van der Waals surface area contributed by atoms with Crippen molar-refractivity contribution >= 4 is 27.5 Å². The summed E-state index contributed by atoms with van der Waals surface area (Å²) < 4.78 is 38.7. The maximum Gasteiger partial charge on any atom is 0.269 e. The molecule has 124 valence electrons. The van der Waals surface area contributed by atoms with Gasteiger partial charge < -0.3 is 5.32 Å². The normalized spacial score (nSPS) is 15.2. The summed E-state index contributed by atoms with van der Waals surface area (Å²) in [5.41, 5.74) is 0.485. The van der Waals surface area contributed by atoms with Gasteiger partial charge in [0.15, 0.2) is 0 Å². The van der Waals surface area contributed by atoms with Crippen molar-refractivity contribution in [2.45, 2.75) is 11.8 Å². The minimum Gasteiger partial charge on any atom is -0.324 e. The molecule has 0 unspecified atom stereocenters. The third-order valence-electron chi connectivity index (χ3n) is 3.74. The van der Waals surface area contributed by atoms with Gasteiger partial charge in [-0.05, 0) is 31.2 Å². The third-order valence-corrected chi connectivity index (χ3v) is 5.53. The van der Waals surface area contributed by atoms with Gasteiger partial charge in [0, 0.05) is 11.3 Å². The first-order chi connectivity index (χ1) is 11.3.